The van der Waals surface area contributed by atoms with Gasteiger partial charge in [0.05, 0.1) is 5.69 Å². The molecule has 0 N–H and O–H groups in total. The third-order valence-electron chi connectivity index (χ3n) is 4.60. The number of piperidine rings is 1. The van der Waals surface area contributed by atoms with Crippen molar-refractivity contribution in [3.8, 4) is 11.3 Å². The Morgan fingerprint density at radius 3 is 2.67 bits per heavy atom. The van der Waals surface area contributed by atoms with Gasteiger partial charge in [-0.3, -0.25) is 14.2 Å². The number of hydrogen-bond donors (Lipinski definition) is 0. The molecule has 128 valence electrons. The Morgan fingerprint density at radius 1 is 1.29 bits per heavy atom. The maximum absolute atomic E-state index is 13.2. The van der Waals surface area contributed by atoms with Gasteiger partial charge in [-0.1, -0.05) is 11.3 Å². The number of aryl methyl sites for hydroxylation is 1. The third kappa shape index (κ3) is 3.29. The number of likely N-dealkylation sites (tertiary alicyclic amines) is 1. The second-order valence-electron chi connectivity index (χ2n) is 6.30. The van der Waals surface area contributed by atoms with Crippen molar-refractivity contribution in [2.24, 2.45) is 0 Å². The van der Waals surface area contributed by atoms with Crippen LogP contribution in [0, 0.1) is 12.7 Å². The molecule has 1 saturated heterocycles. The fourth-order valence-electron chi connectivity index (χ4n) is 3.32. The van der Waals surface area contributed by atoms with Crippen molar-refractivity contribution in [3.05, 3.63) is 44.6 Å². The van der Waals surface area contributed by atoms with Gasteiger partial charge in [0, 0.05) is 17.5 Å². The first-order chi connectivity index (χ1) is 11.5. The monoisotopic (exact) mass is 348 g/mol. The van der Waals surface area contributed by atoms with E-state index in [0.717, 1.165) is 47.6 Å². The largest absolute Gasteiger partial charge is 0.338 e. The van der Waals surface area contributed by atoms with Crippen LogP contribution in [0.15, 0.2) is 29.1 Å². The second-order valence-corrected chi connectivity index (χ2v) is 7.46. The van der Waals surface area contributed by atoms with Gasteiger partial charge in [0.1, 0.15) is 12.4 Å². The summed E-state index contributed by atoms with van der Waals surface area (Å²) in [4.78, 5) is 27.6. The smallest absolute Gasteiger partial charge is 0.308 e. The van der Waals surface area contributed by atoms with Crippen LogP contribution in [0.1, 0.15) is 31.1 Å². The number of hydrogen-bond acceptors (Lipinski definition) is 3. The number of nitrogens with zero attached hydrogens (tertiary/aromatic N) is 2. The molecular formula is C18H21FN2O2S. The standard InChI is InChI=1S/C18H21FN2O2S/c1-12-5-3-4-10-20(12)16(22)11-21-17(13(2)24-18(21)23)14-6-8-15(19)9-7-14/h6-9,12H,3-5,10-11H2,1-2H3/t12-/m1/s1. The summed E-state index contributed by atoms with van der Waals surface area (Å²) in [5.74, 6) is -0.343. The van der Waals surface area contributed by atoms with E-state index in [-0.39, 0.29) is 29.2 Å². The Bertz CT molecular complexity index is 794. The predicted octanol–water partition coefficient (Wildman–Crippen LogP) is 3.43. The lowest BCUT2D eigenvalue weighted by Crippen LogP contribution is -2.44. The van der Waals surface area contributed by atoms with Crippen LogP contribution < -0.4 is 4.87 Å². The van der Waals surface area contributed by atoms with E-state index in [0.29, 0.717) is 5.69 Å². The Hall–Kier alpha value is -1.95. The van der Waals surface area contributed by atoms with Gasteiger partial charge in [0.2, 0.25) is 5.91 Å². The molecule has 1 atom stereocenters. The Kier molecular flexibility index (Phi) is 4.85. The quantitative estimate of drug-likeness (QED) is 0.853. The van der Waals surface area contributed by atoms with E-state index in [9.17, 15) is 14.0 Å². The first kappa shape index (κ1) is 16.9. The van der Waals surface area contributed by atoms with Crippen molar-refractivity contribution in [2.75, 3.05) is 6.54 Å². The van der Waals surface area contributed by atoms with E-state index < -0.39 is 0 Å². The molecule has 24 heavy (non-hydrogen) atoms. The van der Waals surface area contributed by atoms with Gasteiger partial charge >= 0.3 is 4.87 Å². The molecule has 1 amide bonds. The lowest BCUT2D eigenvalue weighted by molar-refractivity contribution is -0.135. The number of amides is 1. The fraction of sp³-hybridized carbons (Fsp3) is 0.444. The van der Waals surface area contributed by atoms with Crippen LogP contribution >= 0.6 is 11.3 Å². The molecule has 3 rings (SSSR count). The van der Waals surface area contributed by atoms with E-state index in [4.69, 9.17) is 0 Å². The summed E-state index contributed by atoms with van der Waals surface area (Å²) >= 11 is 1.13. The summed E-state index contributed by atoms with van der Waals surface area (Å²) in [5, 5.41) is 0. The fourth-order valence-corrected chi connectivity index (χ4v) is 4.17. The average molecular weight is 348 g/mol. The summed E-state index contributed by atoms with van der Waals surface area (Å²) in [6, 6.07) is 6.25. The molecule has 1 fully saturated rings. The van der Waals surface area contributed by atoms with Crippen LogP contribution in [0.3, 0.4) is 0 Å². The topological polar surface area (TPSA) is 42.3 Å². The normalized spacial score (nSPS) is 18.0. The highest BCUT2D eigenvalue weighted by Crippen LogP contribution is 2.26. The van der Waals surface area contributed by atoms with Crippen molar-refractivity contribution in [3.63, 3.8) is 0 Å². The summed E-state index contributed by atoms with van der Waals surface area (Å²) in [7, 11) is 0. The SMILES string of the molecule is Cc1sc(=O)n(CC(=O)N2CCCC[C@H]2C)c1-c1ccc(F)cc1. The van der Waals surface area contributed by atoms with Gasteiger partial charge in [0.25, 0.3) is 0 Å². The van der Waals surface area contributed by atoms with Crippen molar-refractivity contribution in [2.45, 2.75) is 45.7 Å². The van der Waals surface area contributed by atoms with E-state index >= 15 is 0 Å². The molecule has 1 aliphatic heterocycles. The zero-order valence-electron chi connectivity index (χ0n) is 13.9. The minimum atomic E-state index is -0.321. The predicted molar refractivity (Wildman–Crippen MR) is 93.7 cm³/mol. The number of benzene rings is 1. The van der Waals surface area contributed by atoms with Crippen LogP contribution in [-0.2, 0) is 11.3 Å². The minimum Gasteiger partial charge on any atom is -0.338 e. The lowest BCUT2D eigenvalue weighted by Gasteiger charge is -2.33. The number of thiazole rings is 1. The van der Waals surface area contributed by atoms with Crippen LogP contribution in [0.4, 0.5) is 4.39 Å². The first-order valence-electron chi connectivity index (χ1n) is 8.23. The van der Waals surface area contributed by atoms with Crippen LogP contribution in [0.25, 0.3) is 11.3 Å². The third-order valence-corrected chi connectivity index (χ3v) is 5.49. The molecule has 6 heteroatoms. The average Bonchev–Trinajstić information content (AvgIpc) is 2.82. The summed E-state index contributed by atoms with van der Waals surface area (Å²) in [6.45, 7) is 4.71. The highest BCUT2D eigenvalue weighted by Gasteiger charge is 2.25. The molecule has 1 aromatic heterocycles. The highest BCUT2D eigenvalue weighted by molar-refractivity contribution is 7.09. The molecule has 0 saturated carbocycles. The van der Waals surface area contributed by atoms with Crippen molar-refractivity contribution in [1.29, 1.82) is 0 Å². The van der Waals surface area contributed by atoms with Gasteiger partial charge in [0.15, 0.2) is 0 Å². The van der Waals surface area contributed by atoms with Crippen LogP contribution in [-0.4, -0.2) is 28.0 Å². The van der Waals surface area contributed by atoms with Gasteiger partial charge in [-0.2, -0.15) is 0 Å². The Labute approximate surface area is 144 Å². The van der Waals surface area contributed by atoms with E-state index in [1.54, 1.807) is 12.1 Å². The molecule has 0 spiro atoms. The molecule has 1 aliphatic rings. The molecule has 4 nitrogen and oxygen atoms in total. The van der Waals surface area contributed by atoms with Gasteiger partial charge < -0.3 is 4.90 Å². The molecule has 0 radical (unpaired) electrons. The minimum absolute atomic E-state index is 0.0227. The maximum Gasteiger partial charge on any atom is 0.308 e. The second kappa shape index (κ2) is 6.89. The molecule has 0 aliphatic carbocycles. The molecule has 0 bridgehead atoms. The summed E-state index contributed by atoms with van der Waals surface area (Å²) in [5.41, 5.74) is 1.47. The zero-order chi connectivity index (χ0) is 17.3. The first-order valence-corrected chi connectivity index (χ1v) is 9.04. The van der Waals surface area contributed by atoms with Crippen LogP contribution in [0.5, 0.6) is 0 Å². The molecular weight excluding hydrogens is 327 g/mol. The Morgan fingerprint density at radius 2 is 2.00 bits per heavy atom. The molecule has 1 aromatic carbocycles. The lowest BCUT2D eigenvalue weighted by atomic mass is 10.0. The summed E-state index contributed by atoms with van der Waals surface area (Å²) in [6.07, 6.45) is 3.16. The maximum atomic E-state index is 13.2. The summed E-state index contributed by atoms with van der Waals surface area (Å²) < 4.78 is 14.7. The highest BCUT2D eigenvalue weighted by atomic mass is 32.1. The van der Waals surface area contributed by atoms with Gasteiger partial charge in [-0.15, -0.1) is 0 Å². The molecule has 2 heterocycles. The van der Waals surface area contributed by atoms with Crippen molar-refractivity contribution < 1.29 is 9.18 Å². The number of carbonyl (C=O) groups is 1. The van der Waals surface area contributed by atoms with E-state index in [2.05, 4.69) is 6.92 Å². The number of aromatic nitrogens is 1. The van der Waals surface area contributed by atoms with Crippen LogP contribution in [0.2, 0.25) is 0 Å². The number of carbonyl (C=O) groups excluding carboxylic acids is 1. The molecule has 0 unspecified atom stereocenters. The van der Waals surface area contributed by atoms with Crippen molar-refractivity contribution >= 4 is 17.2 Å². The van der Waals surface area contributed by atoms with E-state index in [1.807, 2.05) is 11.8 Å². The van der Waals surface area contributed by atoms with Gasteiger partial charge in [-0.25, -0.2) is 4.39 Å². The zero-order valence-corrected chi connectivity index (χ0v) is 14.7. The number of halogens is 1. The van der Waals surface area contributed by atoms with E-state index in [1.165, 1.54) is 16.7 Å². The van der Waals surface area contributed by atoms with Crippen molar-refractivity contribution in [1.82, 2.24) is 9.47 Å². The Balaban J connectivity index is 1.92. The number of rotatable bonds is 3. The van der Waals surface area contributed by atoms with Gasteiger partial charge in [-0.05, 0) is 62.9 Å². The molecule has 2 aromatic rings.